The van der Waals surface area contributed by atoms with Gasteiger partial charge in [-0.1, -0.05) is 30.7 Å². The number of halogens is 1. The zero-order valence-corrected chi connectivity index (χ0v) is 17.2. The fourth-order valence-corrected chi connectivity index (χ4v) is 3.46. The highest BCUT2D eigenvalue weighted by Crippen LogP contribution is 2.25. The molecule has 2 aromatic rings. The minimum atomic E-state index is 0.295. The number of benzene rings is 1. The molecule has 0 saturated carbocycles. The number of nitrogens with one attached hydrogen (secondary N) is 2. The lowest BCUT2D eigenvalue weighted by molar-refractivity contribution is 0.317. The summed E-state index contributed by atoms with van der Waals surface area (Å²) in [6.07, 6.45) is 3.79. The molecule has 1 atom stereocenters. The molecule has 0 bridgehead atoms. The van der Waals surface area contributed by atoms with E-state index in [4.69, 9.17) is 16.3 Å². The third-order valence-electron chi connectivity index (χ3n) is 4.62. The zero-order valence-electron chi connectivity index (χ0n) is 16.5. The molecule has 1 saturated heterocycles. The quantitative estimate of drug-likeness (QED) is 0.549. The summed E-state index contributed by atoms with van der Waals surface area (Å²) in [4.78, 5) is 11.0. The molecule has 0 amide bonds. The van der Waals surface area contributed by atoms with Crippen LogP contribution in [-0.4, -0.2) is 43.7 Å². The standard InChI is InChI=1S/C21H28ClN5O/c1-3-12-28-18-7-4-6-16(13-18)14-25-21(23-2)26-17-9-11-27(15-17)20-19(22)8-5-10-24-20/h4-8,10,13,17H,3,9,11-12,14-15H2,1-2H3,(H2,23,25,26). The summed E-state index contributed by atoms with van der Waals surface area (Å²) < 4.78 is 5.70. The highest BCUT2D eigenvalue weighted by molar-refractivity contribution is 6.32. The first kappa shape index (κ1) is 20.3. The SMILES string of the molecule is CCCOc1cccc(CNC(=NC)NC2CCN(c3ncccc3Cl)C2)c1. The van der Waals surface area contributed by atoms with E-state index in [2.05, 4.69) is 44.6 Å². The fraction of sp³-hybridized carbons (Fsp3) is 0.429. The zero-order chi connectivity index (χ0) is 19.8. The van der Waals surface area contributed by atoms with E-state index in [1.54, 1.807) is 13.2 Å². The lowest BCUT2D eigenvalue weighted by Crippen LogP contribution is -2.44. The van der Waals surface area contributed by atoms with E-state index < -0.39 is 0 Å². The second-order valence-corrected chi connectivity index (χ2v) is 7.21. The number of ether oxygens (including phenoxy) is 1. The van der Waals surface area contributed by atoms with E-state index in [0.717, 1.165) is 55.6 Å². The second kappa shape index (κ2) is 10.2. The van der Waals surface area contributed by atoms with Crippen molar-refractivity contribution in [2.45, 2.75) is 32.4 Å². The Morgan fingerprint density at radius 3 is 3.04 bits per heavy atom. The van der Waals surface area contributed by atoms with Gasteiger partial charge in [-0.2, -0.15) is 0 Å². The highest BCUT2D eigenvalue weighted by atomic mass is 35.5. The van der Waals surface area contributed by atoms with Crippen molar-refractivity contribution in [1.29, 1.82) is 0 Å². The van der Waals surface area contributed by atoms with Gasteiger partial charge >= 0.3 is 0 Å². The van der Waals surface area contributed by atoms with Crippen LogP contribution in [0.15, 0.2) is 47.6 Å². The van der Waals surface area contributed by atoms with Crippen molar-refractivity contribution in [2.75, 3.05) is 31.6 Å². The van der Waals surface area contributed by atoms with Crippen LogP contribution in [0.5, 0.6) is 5.75 Å². The van der Waals surface area contributed by atoms with Gasteiger partial charge in [-0.3, -0.25) is 4.99 Å². The summed E-state index contributed by atoms with van der Waals surface area (Å²) in [6, 6.07) is 12.2. The molecule has 1 aromatic heterocycles. The van der Waals surface area contributed by atoms with Crippen LogP contribution >= 0.6 is 11.6 Å². The summed E-state index contributed by atoms with van der Waals surface area (Å²) in [7, 11) is 1.79. The molecule has 0 spiro atoms. The molecule has 1 fully saturated rings. The number of rotatable bonds is 7. The minimum Gasteiger partial charge on any atom is -0.494 e. The molecule has 0 radical (unpaired) electrons. The Morgan fingerprint density at radius 1 is 1.36 bits per heavy atom. The second-order valence-electron chi connectivity index (χ2n) is 6.81. The van der Waals surface area contributed by atoms with Gasteiger partial charge in [-0.25, -0.2) is 4.98 Å². The van der Waals surface area contributed by atoms with E-state index in [-0.39, 0.29) is 0 Å². The van der Waals surface area contributed by atoms with Gasteiger partial charge in [0.15, 0.2) is 5.96 Å². The first-order valence-corrected chi connectivity index (χ1v) is 10.1. The summed E-state index contributed by atoms with van der Waals surface area (Å²) in [5.41, 5.74) is 1.16. The van der Waals surface area contributed by atoms with Crippen molar-refractivity contribution in [3.8, 4) is 5.75 Å². The van der Waals surface area contributed by atoms with Gasteiger partial charge in [-0.05, 0) is 42.7 Å². The Balaban J connectivity index is 1.51. The van der Waals surface area contributed by atoms with Gasteiger partial charge in [0.1, 0.15) is 11.6 Å². The number of aliphatic imine (C=N–C) groups is 1. The van der Waals surface area contributed by atoms with Gasteiger partial charge in [0.2, 0.25) is 0 Å². The number of hydrogen-bond donors (Lipinski definition) is 2. The van der Waals surface area contributed by atoms with Gasteiger partial charge in [0, 0.05) is 38.9 Å². The molecule has 0 aliphatic carbocycles. The number of hydrogen-bond acceptors (Lipinski definition) is 4. The summed E-state index contributed by atoms with van der Waals surface area (Å²) in [5.74, 6) is 2.54. The van der Waals surface area contributed by atoms with Gasteiger partial charge < -0.3 is 20.3 Å². The molecular formula is C21H28ClN5O. The average molecular weight is 402 g/mol. The molecule has 150 valence electrons. The Hall–Kier alpha value is -2.47. The van der Waals surface area contributed by atoms with E-state index >= 15 is 0 Å². The molecule has 28 heavy (non-hydrogen) atoms. The number of nitrogens with zero attached hydrogens (tertiary/aromatic N) is 3. The van der Waals surface area contributed by atoms with Crippen LogP contribution in [0.4, 0.5) is 5.82 Å². The number of aromatic nitrogens is 1. The third-order valence-corrected chi connectivity index (χ3v) is 4.92. The summed E-state index contributed by atoms with van der Waals surface area (Å²) in [6.45, 7) is 5.29. The minimum absolute atomic E-state index is 0.295. The molecule has 3 rings (SSSR count). The van der Waals surface area contributed by atoms with Crippen molar-refractivity contribution in [3.63, 3.8) is 0 Å². The summed E-state index contributed by atoms with van der Waals surface area (Å²) in [5, 5.41) is 7.57. The van der Waals surface area contributed by atoms with Crippen LogP contribution in [0.2, 0.25) is 5.02 Å². The van der Waals surface area contributed by atoms with Crippen molar-refractivity contribution in [2.24, 2.45) is 4.99 Å². The van der Waals surface area contributed by atoms with E-state index in [0.29, 0.717) is 17.6 Å². The number of guanidine groups is 1. The molecular weight excluding hydrogens is 374 g/mol. The fourth-order valence-electron chi connectivity index (χ4n) is 3.22. The van der Waals surface area contributed by atoms with Crippen LogP contribution in [0.3, 0.4) is 0 Å². The lowest BCUT2D eigenvalue weighted by atomic mass is 10.2. The lowest BCUT2D eigenvalue weighted by Gasteiger charge is -2.20. The maximum absolute atomic E-state index is 6.28. The van der Waals surface area contributed by atoms with Crippen LogP contribution in [0.25, 0.3) is 0 Å². The largest absolute Gasteiger partial charge is 0.494 e. The predicted octanol–water partition coefficient (Wildman–Crippen LogP) is 3.47. The van der Waals surface area contributed by atoms with Gasteiger partial charge in [-0.15, -0.1) is 0 Å². The highest BCUT2D eigenvalue weighted by Gasteiger charge is 2.25. The summed E-state index contributed by atoms with van der Waals surface area (Å²) >= 11 is 6.28. The average Bonchev–Trinajstić information content (AvgIpc) is 3.18. The third kappa shape index (κ3) is 5.52. The number of anilines is 1. The Morgan fingerprint density at radius 2 is 2.25 bits per heavy atom. The van der Waals surface area contributed by atoms with Crippen LogP contribution < -0.4 is 20.3 Å². The molecule has 7 heteroatoms. The Kier molecular flexibility index (Phi) is 7.37. The van der Waals surface area contributed by atoms with Crippen molar-refractivity contribution in [3.05, 3.63) is 53.2 Å². The van der Waals surface area contributed by atoms with Gasteiger partial charge in [0.25, 0.3) is 0 Å². The number of pyridine rings is 1. The van der Waals surface area contributed by atoms with Crippen LogP contribution in [-0.2, 0) is 6.54 Å². The first-order valence-electron chi connectivity index (χ1n) is 9.74. The Bertz CT molecular complexity index is 798. The molecule has 2 N–H and O–H groups in total. The molecule has 6 nitrogen and oxygen atoms in total. The molecule has 1 aliphatic rings. The molecule has 1 aromatic carbocycles. The normalized spacial score (nSPS) is 16.9. The maximum atomic E-state index is 6.28. The van der Waals surface area contributed by atoms with E-state index in [1.165, 1.54) is 0 Å². The predicted molar refractivity (Wildman–Crippen MR) is 115 cm³/mol. The topological polar surface area (TPSA) is 61.8 Å². The van der Waals surface area contributed by atoms with Crippen molar-refractivity contribution in [1.82, 2.24) is 15.6 Å². The van der Waals surface area contributed by atoms with Crippen molar-refractivity contribution >= 4 is 23.4 Å². The first-order chi connectivity index (χ1) is 13.7. The monoisotopic (exact) mass is 401 g/mol. The Labute approximate surface area is 172 Å². The molecule has 2 heterocycles. The smallest absolute Gasteiger partial charge is 0.191 e. The van der Waals surface area contributed by atoms with E-state index in [9.17, 15) is 0 Å². The maximum Gasteiger partial charge on any atom is 0.191 e. The molecule has 1 aliphatic heterocycles. The van der Waals surface area contributed by atoms with Gasteiger partial charge in [0.05, 0.1) is 11.6 Å². The van der Waals surface area contributed by atoms with Crippen LogP contribution in [0.1, 0.15) is 25.3 Å². The van der Waals surface area contributed by atoms with E-state index in [1.807, 2.05) is 24.3 Å². The molecule has 1 unspecified atom stereocenters. The van der Waals surface area contributed by atoms with Crippen LogP contribution in [0, 0.1) is 0 Å². The van der Waals surface area contributed by atoms with Crippen molar-refractivity contribution < 1.29 is 4.74 Å².